The van der Waals surface area contributed by atoms with Crippen molar-refractivity contribution in [2.45, 2.75) is 51.0 Å². The van der Waals surface area contributed by atoms with Crippen molar-refractivity contribution < 1.29 is 0 Å². The van der Waals surface area contributed by atoms with E-state index in [1.807, 2.05) is 13.1 Å². The van der Waals surface area contributed by atoms with E-state index in [9.17, 15) is 0 Å². The molecule has 0 aromatic carbocycles. The molecule has 1 atom stereocenters. The molecule has 1 saturated carbocycles. The van der Waals surface area contributed by atoms with E-state index < -0.39 is 0 Å². The zero-order chi connectivity index (χ0) is 14.7. The Hall–Kier alpha value is -1.36. The highest BCUT2D eigenvalue weighted by Crippen LogP contribution is 2.38. The van der Waals surface area contributed by atoms with Gasteiger partial charge in [-0.05, 0) is 45.7 Å². The van der Waals surface area contributed by atoms with Gasteiger partial charge in [-0.3, -0.25) is 4.90 Å². The third-order valence-electron chi connectivity index (χ3n) is 4.53. The average Bonchev–Trinajstić information content (AvgIpc) is 3.38. The lowest BCUT2D eigenvalue weighted by atomic mass is 10.1. The van der Waals surface area contributed by atoms with Gasteiger partial charge in [-0.15, -0.1) is 0 Å². The Morgan fingerprint density at radius 2 is 1.90 bits per heavy atom. The Kier molecular flexibility index (Phi) is 4.58. The van der Waals surface area contributed by atoms with Gasteiger partial charge < -0.3 is 10.6 Å². The van der Waals surface area contributed by atoms with Crippen LogP contribution in [0.5, 0.6) is 0 Å². The monoisotopic (exact) mass is 289 g/mol. The van der Waals surface area contributed by atoms with Gasteiger partial charge in [0.25, 0.3) is 0 Å². The molecule has 1 aliphatic heterocycles. The van der Waals surface area contributed by atoms with Gasteiger partial charge in [0.15, 0.2) is 0 Å². The second-order valence-electron chi connectivity index (χ2n) is 6.35. The molecule has 5 nitrogen and oxygen atoms in total. The Morgan fingerprint density at radius 3 is 2.57 bits per heavy atom. The van der Waals surface area contributed by atoms with Gasteiger partial charge in [0.05, 0.1) is 0 Å². The van der Waals surface area contributed by atoms with E-state index in [-0.39, 0.29) is 0 Å². The molecule has 1 aromatic rings. The molecule has 1 saturated heterocycles. The number of piperidine rings is 1. The van der Waals surface area contributed by atoms with Gasteiger partial charge >= 0.3 is 0 Å². The second kappa shape index (κ2) is 6.60. The second-order valence-corrected chi connectivity index (χ2v) is 6.35. The number of nitrogens with one attached hydrogen (secondary N) is 2. The van der Waals surface area contributed by atoms with Crippen LogP contribution in [0.1, 0.15) is 50.8 Å². The number of hydrogen-bond acceptors (Lipinski definition) is 5. The van der Waals surface area contributed by atoms with Gasteiger partial charge in [0.2, 0.25) is 0 Å². The van der Waals surface area contributed by atoms with Crippen LogP contribution in [0.4, 0.5) is 11.6 Å². The van der Waals surface area contributed by atoms with Crippen LogP contribution in [0.15, 0.2) is 6.07 Å². The Bertz CT molecular complexity index is 466. The van der Waals surface area contributed by atoms with Gasteiger partial charge in [-0.1, -0.05) is 6.42 Å². The minimum Gasteiger partial charge on any atom is -0.373 e. The average molecular weight is 289 g/mol. The number of nitrogens with zero attached hydrogens (tertiary/aromatic N) is 3. The fourth-order valence-corrected chi connectivity index (χ4v) is 2.95. The molecule has 2 N–H and O–H groups in total. The molecular weight excluding hydrogens is 262 g/mol. The lowest BCUT2D eigenvalue weighted by Gasteiger charge is -2.32. The number of anilines is 2. The summed E-state index contributed by atoms with van der Waals surface area (Å²) in [6.45, 7) is 5.73. The normalized spacial score (nSPS) is 21.0. The minimum atomic E-state index is 0.558. The first kappa shape index (κ1) is 14.6. The first-order valence-electron chi connectivity index (χ1n) is 8.31. The molecule has 3 rings (SSSR count). The summed E-state index contributed by atoms with van der Waals surface area (Å²) < 4.78 is 0. The van der Waals surface area contributed by atoms with Crippen LogP contribution in [0, 0.1) is 0 Å². The summed E-state index contributed by atoms with van der Waals surface area (Å²) in [5.74, 6) is 3.45. The highest BCUT2D eigenvalue weighted by atomic mass is 15.2. The predicted molar refractivity (Wildman–Crippen MR) is 86.9 cm³/mol. The lowest BCUT2D eigenvalue weighted by Crippen LogP contribution is -2.41. The van der Waals surface area contributed by atoms with Crippen LogP contribution >= 0.6 is 0 Å². The fourth-order valence-electron chi connectivity index (χ4n) is 2.95. The molecule has 0 bridgehead atoms. The summed E-state index contributed by atoms with van der Waals surface area (Å²) >= 11 is 0. The molecule has 1 unspecified atom stereocenters. The van der Waals surface area contributed by atoms with E-state index >= 15 is 0 Å². The van der Waals surface area contributed by atoms with Crippen LogP contribution in [0.3, 0.4) is 0 Å². The summed E-state index contributed by atoms with van der Waals surface area (Å²) in [6.07, 6.45) is 6.54. The molecule has 0 spiro atoms. The van der Waals surface area contributed by atoms with Crippen molar-refractivity contribution in [3.63, 3.8) is 0 Å². The van der Waals surface area contributed by atoms with Crippen molar-refractivity contribution in [2.75, 3.05) is 37.3 Å². The van der Waals surface area contributed by atoms with E-state index in [1.54, 1.807) is 0 Å². The first-order chi connectivity index (χ1) is 10.3. The Labute approximate surface area is 127 Å². The van der Waals surface area contributed by atoms with Gasteiger partial charge in [-0.25, -0.2) is 9.97 Å². The number of hydrogen-bond donors (Lipinski definition) is 2. The van der Waals surface area contributed by atoms with Gasteiger partial charge in [0, 0.05) is 31.6 Å². The molecule has 21 heavy (non-hydrogen) atoms. The zero-order valence-electron chi connectivity index (χ0n) is 13.2. The SMILES string of the molecule is CNc1cc(NCC(C)N2CCCCC2)nc(C2CC2)n1. The third kappa shape index (κ3) is 3.84. The number of rotatable bonds is 6. The van der Waals surface area contributed by atoms with Crippen molar-refractivity contribution >= 4 is 11.6 Å². The van der Waals surface area contributed by atoms with Crippen molar-refractivity contribution in [3.05, 3.63) is 11.9 Å². The Morgan fingerprint density at radius 1 is 1.19 bits per heavy atom. The fraction of sp³-hybridized carbons (Fsp3) is 0.750. The maximum atomic E-state index is 4.68. The molecule has 2 aliphatic rings. The van der Waals surface area contributed by atoms with E-state index in [0.29, 0.717) is 12.0 Å². The van der Waals surface area contributed by atoms with Crippen LogP contribution < -0.4 is 10.6 Å². The Balaban J connectivity index is 1.59. The molecule has 0 radical (unpaired) electrons. The number of likely N-dealkylation sites (tertiary alicyclic amines) is 1. The molecule has 2 heterocycles. The number of aromatic nitrogens is 2. The van der Waals surface area contributed by atoms with Crippen LogP contribution in [-0.2, 0) is 0 Å². The predicted octanol–water partition coefficient (Wildman–Crippen LogP) is 2.68. The van der Waals surface area contributed by atoms with Gasteiger partial charge in [0.1, 0.15) is 17.5 Å². The standard InChI is InChI=1S/C16H27N5/c1-12(21-8-4-3-5-9-21)11-18-15-10-14(17-2)19-16(20-15)13-6-7-13/h10,12-13H,3-9,11H2,1-2H3,(H2,17,18,19,20). The van der Waals surface area contributed by atoms with Crippen molar-refractivity contribution in [1.82, 2.24) is 14.9 Å². The van der Waals surface area contributed by atoms with Crippen molar-refractivity contribution in [1.29, 1.82) is 0 Å². The van der Waals surface area contributed by atoms with Crippen LogP contribution in [-0.4, -0.2) is 47.6 Å². The van der Waals surface area contributed by atoms with E-state index in [2.05, 4.69) is 32.4 Å². The first-order valence-corrected chi connectivity index (χ1v) is 8.31. The summed E-state index contributed by atoms with van der Waals surface area (Å²) in [4.78, 5) is 11.8. The molecule has 116 valence electrons. The zero-order valence-corrected chi connectivity index (χ0v) is 13.2. The summed E-state index contributed by atoms with van der Waals surface area (Å²) in [5, 5.41) is 6.65. The quantitative estimate of drug-likeness (QED) is 0.843. The highest BCUT2D eigenvalue weighted by Gasteiger charge is 2.27. The molecule has 5 heteroatoms. The molecule has 2 fully saturated rings. The maximum Gasteiger partial charge on any atom is 0.136 e. The summed E-state index contributed by atoms with van der Waals surface area (Å²) in [5.41, 5.74) is 0. The third-order valence-corrected chi connectivity index (χ3v) is 4.53. The van der Waals surface area contributed by atoms with Crippen molar-refractivity contribution in [3.8, 4) is 0 Å². The minimum absolute atomic E-state index is 0.558. The van der Waals surface area contributed by atoms with Crippen LogP contribution in [0.25, 0.3) is 0 Å². The smallest absolute Gasteiger partial charge is 0.136 e. The topological polar surface area (TPSA) is 53.1 Å². The van der Waals surface area contributed by atoms with Crippen molar-refractivity contribution in [2.24, 2.45) is 0 Å². The molecule has 0 amide bonds. The largest absolute Gasteiger partial charge is 0.373 e. The lowest BCUT2D eigenvalue weighted by molar-refractivity contribution is 0.180. The molecular formula is C16H27N5. The highest BCUT2D eigenvalue weighted by molar-refractivity contribution is 5.48. The molecule has 1 aromatic heterocycles. The van der Waals surface area contributed by atoms with Gasteiger partial charge in [-0.2, -0.15) is 0 Å². The van der Waals surface area contributed by atoms with E-state index in [0.717, 1.165) is 24.0 Å². The van der Waals surface area contributed by atoms with Crippen LogP contribution in [0.2, 0.25) is 0 Å². The van der Waals surface area contributed by atoms with E-state index in [4.69, 9.17) is 0 Å². The molecule has 1 aliphatic carbocycles. The summed E-state index contributed by atoms with van der Waals surface area (Å²) in [6, 6.07) is 2.57. The summed E-state index contributed by atoms with van der Waals surface area (Å²) in [7, 11) is 1.92. The maximum absolute atomic E-state index is 4.68. The van der Waals surface area contributed by atoms with E-state index in [1.165, 1.54) is 45.2 Å².